The molecule has 1 saturated heterocycles. The van der Waals surface area contributed by atoms with Gasteiger partial charge >= 0.3 is 70.4 Å². The number of anilines is 1. The fraction of sp³-hybridized carbons (Fsp3) is 0.556. The van der Waals surface area contributed by atoms with E-state index in [0.717, 1.165) is 12.1 Å². The number of carboxylic acids is 1. The van der Waals surface area contributed by atoms with Crippen LogP contribution in [0.2, 0.25) is 0 Å². The molecule has 0 unspecified atom stereocenters. The van der Waals surface area contributed by atoms with Crippen LogP contribution in [0.3, 0.4) is 0 Å². The summed E-state index contributed by atoms with van der Waals surface area (Å²) in [6.07, 6.45) is -0.931. The van der Waals surface area contributed by atoms with Gasteiger partial charge in [0.2, 0.25) is 0 Å². The van der Waals surface area contributed by atoms with Crippen molar-refractivity contribution in [2.75, 3.05) is 31.1 Å². The second-order valence-electron chi connectivity index (χ2n) is 7.92. The average molecular weight is 440 g/mol. The standard InChI is InChI=1S/C18H25BF3N2O4.K/c1-12-13(10-16(25)26)9-14(19(20,21)22)11-15(12)23-5-7-24(8-6-23)17(27)28-18(2,3)4;/h9,11H,5-8,10H2,1-4H3,(H,25,26);/q-1;+1. The molecule has 0 bridgehead atoms. The molecule has 156 valence electrons. The maximum Gasteiger partial charge on any atom is 1.00 e. The maximum atomic E-state index is 13.3. The van der Waals surface area contributed by atoms with Crippen LogP contribution in [0.4, 0.5) is 23.4 Å². The van der Waals surface area contributed by atoms with Crippen molar-refractivity contribution >= 4 is 30.2 Å². The van der Waals surface area contributed by atoms with Crippen LogP contribution in [0, 0.1) is 6.92 Å². The molecule has 29 heavy (non-hydrogen) atoms. The average Bonchev–Trinajstić information content (AvgIpc) is 2.54. The van der Waals surface area contributed by atoms with Crippen molar-refractivity contribution in [1.82, 2.24) is 4.90 Å². The number of carbonyl (C=O) groups is 2. The number of piperazine rings is 1. The van der Waals surface area contributed by atoms with E-state index in [2.05, 4.69) is 0 Å². The van der Waals surface area contributed by atoms with Gasteiger partial charge in [-0.1, -0.05) is 12.1 Å². The zero-order valence-electron chi connectivity index (χ0n) is 17.5. The number of carboxylic acid groups (broad SMARTS) is 1. The van der Waals surface area contributed by atoms with E-state index in [4.69, 9.17) is 9.84 Å². The quantitative estimate of drug-likeness (QED) is 0.654. The number of aliphatic carboxylic acids is 1. The van der Waals surface area contributed by atoms with Gasteiger partial charge in [-0.2, -0.15) is 0 Å². The Bertz CT molecular complexity index is 761. The van der Waals surface area contributed by atoms with E-state index in [-0.39, 0.29) is 56.9 Å². The zero-order valence-corrected chi connectivity index (χ0v) is 20.6. The number of carbonyl (C=O) groups excluding carboxylic acids is 1. The molecule has 0 spiro atoms. The van der Waals surface area contributed by atoms with Crippen molar-refractivity contribution in [2.24, 2.45) is 0 Å². The van der Waals surface area contributed by atoms with E-state index < -0.39 is 36.5 Å². The molecule has 0 aromatic heterocycles. The first-order chi connectivity index (χ1) is 12.8. The molecule has 0 atom stereocenters. The summed E-state index contributed by atoms with van der Waals surface area (Å²) in [6.45, 7) is 2.94. The molecular formula is C18H25BF3KN2O4. The van der Waals surface area contributed by atoms with Gasteiger partial charge in [-0.25, -0.2) is 4.79 Å². The Morgan fingerprint density at radius 1 is 1.14 bits per heavy atom. The molecule has 6 nitrogen and oxygen atoms in total. The van der Waals surface area contributed by atoms with Crippen molar-refractivity contribution in [3.8, 4) is 0 Å². The number of benzene rings is 1. The van der Waals surface area contributed by atoms with Crippen LogP contribution >= 0.6 is 0 Å². The minimum absolute atomic E-state index is 0. The molecule has 11 heteroatoms. The van der Waals surface area contributed by atoms with Crippen molar-refractivity contribution in [2.45, 2.75) is 39.7 Å². The Morgan fingerprint density at radius 3 is 2.14 bits per heavy atom. The van der Waals surface area contributed by atoms with Crippen LogP contribution in [0.25, 0.3) is 0 Å². The number of amides is 1. The second-order valence-corrected chi connectivity index (χ2v) is 7.92. The first-order valence-electron chi connectivity index (χ1n) is 9.06. The van der Waals surface area contributed by atoms with Gasteiger partial charge in [-0.15, -0.1) is 5.46 Å². The third-order valence-electron chi connectivity index (χ3n) is 4.50. The first-order valence-corrected chi connectivity index (χ1v) is 9.06. The molecule has 1 aromatic rings. The summed E-state index contributed by atoms with van der Waals surface area (Å²) in [4.78, 5) is 26.5. The molecule has 0 aliphatic carbocycles. The van der Waals surface area contributed by atoms with Crippen molar-refractivity contribution in [3.05, 3.63) is 23.3 Å². The van der Waals surface area contributed by atoms with E-state index in [0.29, 0.717) is 37.4 Å². The largest absolute Gasteiger partial charge is 1.00 e. The molecule has 1 fully saturated rings. The minimum atomic E-state index is -5.26. The summed E-state index contributed by atoms with van der Waals surface area (Å²) >= 11 is 0. The molecule has 1 aromatic carbocycles. The monoisotopic (exact) mass is 440 g/mol. The first kappa shape index (κ1) is 26.3. The molecular weight excluding hydrogens is 415 g/mol. The summed E-state index contributed by atoms with van der Waals surface area (Å²) in [5, 5.41) is 9.03. The summed E-state index contributed by atoms with van der Waals surface area (Å²) in [7, 11) is 0. The van der Waals surface area contributed by atoms with E-state index in [1.54, 1.807) is 32.6 Å². The van der Waals surface area contributed by atoms with Crippen molar-refractivity contribution in [3.63, 3.8) is 0 Å². The molecule has 0 saturated carbocycles. The van der Waals surface area contributed by atoms with E-state index in [9.17, 15) is 22.5 Å². The SMILES string of the molecule is Cc1c(CC(=O)O)cc([B-](F)(F)F)cc1N1CCN(C(=O)OC(C)(C)C)CC1.[K+]. The Hall–Kier alpha value is -0.749. The van der Waals surface area contributed by atoms with Gasteiger partial charge in [0.05, 0.1) is 6.42 Å². The van der Waals surface area contributed by atoms with Gasteiger partial charge in [-0.05, 0) is 38.8 Å². The number of hydrogen-bond acceptors (Lipinski definition) is 4. The number of nitrogens with zero attached hydrogens (tertiary/aromatic N) is 2. The van der Waals surface area contributed by atoms with Gasteiger partial charge in [-0.3, -0.25) is 4.79 Å². The fourth-order valence-electron chi connectivity index (χ4n) is 3.10. The third kappa shape index (κ3) is 7.46. The van der Waals surface area contributed by atoms with Crippen molar-refractivity contribution in [1.29, 1.82) is 0 Å². The molecule has 1 heterocycles. The van der Waals surface area contributed by atoms with Gasteiger partial charge < -0.3 is 32.6 Å². The predicted molar refractivity (Wildman–Crippen MR) is 101 cm³/mol. The maximum absolute atomic E-state index is 13.3. The number of rotatable bonds is 4. The Labute approximate surface area is 211 Å². The molecule has 1 amide bonds. The van der Waals surface area contributed by atoms with Crippen LogP contribution in [-0.4, -0.2) is 60.8 Å². The van der Waals surface area contributed by atoms with Crippen LogP contribution in [0.5, 0.6) is 0 Å². The normalized spacial score (nSPS) is 15.0. The Kier molecular flexibility index (Phi) is 9.10. The summed E-state index contributed by atoms with van der Waals surface area (Å²) in [5.41, 5.74) is -0.423. The minimum Gasteiger partial charge on any atom is -0.481 e. The smallest absolute Gasteiger partial charge is 0.481 e. The van der Waals surface area contributed by atoms with Crippen LogP contribution in [-0.2, 0) is 16.0 Å². The number of halogens is 3. The van der Waals surface area contributed by atoms with Crippen LogP contribution in [0.15, 0.2) is 12.1 Å². The Balaban J connectivity index is 0.00000420. The fourth-order valence-corrected chi connectivity index (χ4v) is 3.10. The molecule has 1 aliphatic rings. The van der Waals surface area contributed by atoms with E-state index in [1.807, 2.05) is 0 Å². The zero-order chi connectivity index (χ0) is 21.3. The van der Waals surface area contributed by atoms with Crippen LogP contribution in [0.1, 0.15) is 31.9 Å². The summed E-state index contributed by atoms with van der Waals surface area (Å²) in [6, 6.07) is 1.99. The number of hydrogen-bond donors (Lipinski definition) is 1. The summed E-state index contributed by atoms with van der Waals surface area (Å²) < 4.78 is 45.3. The van der Waals surface area contributed by atoms with Crippen molar-refractivity contribution < 1.29 is 83.8 Å². The molecule has 2 rings (SSSR count). The molecule has 1 aliphatic heterocycles. The summed E-state index contributed by atoms with van der Waals surface area (Å²) in [5.74, 6) is -1.18. The number of ether oxygens (including phenoxy) is 1. The van der Waals surface area contributed by atoms with Crippen LogP contribution < -0.4 is 61.7 Å². The molecule has 1 N–H and O–H groups in total. The molecule has 0 radical (unpaired) electrons. The van der Waals surface area contributed by atoms with E-state index >= 15 is 0 Å². The van der Waals surface area contributed by atoms with E-state index in [1.165, 1.54) is 4.90 Å². The van der Waals surface area contributed by atoms with Gasteiger partial charge in [0, 0.05) is 31.9 Å². The third-order valence-corrected chi connectivity index (χ3v) is 4.50. The predicted octanol–water partition coefficient (Wildman–Crippen LogP) is -0.262. The van der Waals surface area contributed by atoms with Gasteiger partial charge in [0.25, 0.3) is 0 Å². The van der Waals surface area contributed by atoms with Gasteiger partial charge in [0.1, 0.15) is 5.60 Å². The second kappa shape index (κ2) is 10.0. The van der Waals surface area contributed by atoms with Gasteiger partial charge in [0.15, 0.2) is 0 Å². The Morgan fingerprint density at radius 2 is 1.69 bits per heavy atom. The topological polar surface area (TPSA) is 70.1 Å².